The van der Waals surface area contributed by atoms with Crippen LogP contribution in [-0.4, -0.2) is 13.0 Å². The van der Waals surface area contributed by atoms with Crippen LogP contribution in [0.25, 0.3) is 0 Å². The molecule has 0 amide bonds. The SMILES string of the molecule is O=S(=O)([O-])c1cc(Br)c(Br)c(Br)c1Br.[Na+]. The predicted molar refractivity (Wildman–Crippen MR) is 65.2 cm³/mol. The quantitative estimate of drug-likeness (QED) is 0.249. The maximum atomic E-state index is 10.8. The second kappa shape index (κ2) is 6.29. The van der Waals surface area contributed by atoms with Crippen LogP contribution < -0.4 is 29.6 Å². The fraction of sp³-hybridized carbons (Fsp3) is 0. The number of benzene rings is 1. The zero-order valence-electron chi connectivity index (χ0n) is 7.22. The van der Waals surface area contributed by atoms with Crippen LogP contribution in [-0.2, 0) is 10.1 Å². The summed E-state index contributed by atoms with van der Waals surface area (Å²) < 4.78 is 34.3. The van der Waals surface area contributed by atoms with Crippen LogP contribution >= 0.6 is 63.7 Å². The first-order valence-electron chi connectivity index (χ1n) is 3.04. The second-order valence-electron chi connectivity index (χ2n) is 2.25. The fourth-order valence-electron chi connectivity index (χ4n) is 0.733. The van der Waals surface area contributed by atoms with Gasteiger partial charge in [0.25, 0.3) is 0 Å². The Morgan fingerprint density at radius 3 is 1.87 bits per heavy atom. The Balaban J connectivity index is 0.00000196. The minimum absolute atomic E-state index is 0. The van der Waals surface area contributed by atoms with Crippen LogP contribution in [0.4, 0.5) is 0 Å². The van der Waals surface area contributed by atoms with Gasteiger partial charge in [0.2, 0.25) is 0 Å². The van der Waals surface area contributed by atoms with Gasteiger partial charge in [-0.3, -0.25) is 0 Å². The summed E-state index contributed by atoms with van der Waals surface area (Å²) in [7, 11) is -4.47. The smallest absolute Gasteiger partial charge is 0.744 e. The molecule has 1 rings (SSSR count). The zero-order valence-corrected chi connectivity index (χ0v) is 16.4. The molecule has 0 radical (unpaired) electrons. The number of rotatable bonds is 1. The van der Waals surface area contributed by atoms with Gasteiger partial charge in [0, 0.05) is 13.4 Å². The first-order chi connectivity index (χ1) is 6.25. The Morgan fingerprint density at radius 2 is 1.47 bits per heavy atom. The van der Waals surface area contributed by atoms with Gasteiger partial charge in [0.15, 0.2) is 0 Å². The molecule has 0 saturated carbocycles. The van der Waals surface area contributed by atoms with E-state index in [9.17, 15) is 13.0 Å². The van der Waals surface area contributed by atoms with Crippen LogP contribution in [0, 0.1) is 0 Å². The summed E-state index contributed by atoms with van der Waals surface area (Å²) in [4.78, 5) is -0.306. The van der Waals surface area contributed by atoms with Crippen molar-refractivity contribution in [1.29, 1.82) is 0 Å². The minimum Gasteiger partial charge on any atom is -0.744 e. The third-order valence-corrected chi connectivity index (χ3v) is 7.12. The van der Waals surface area contributed by atoms with Gasteiger partial charge in [-0.2, -0.15) is 0 Å². The number of halogens is 4. The first kappa shape index (κ1) is 17.1. The van der Waals surface area contributed by atoms with Crippen molar-refractivity contribution >= 4 is 73.8 Å². The standard InChI is InChI=1S/C6H2Br4O3S.Na/c7-2-1-3(14(11,12)13)5(9)6(10)4(2)8;/h1H,(H,11,12,13);/q;+1/p-1. The molecule has 0 aromatic heterocycles. The first-order valence-corrected chi connectivity index (χ1v) is 7.62. The molecule has 0 heterocycles. The Bertz CT molecular complexity index is 488. The van der Waals surface area contributed by atoms with E-state index in [0.29, 0.717) is 13.4 Å². The van der Waals surface area contributed by atoms with Crippen LogP contribution in [0.15, 0.2) is 28.9 Å². The van der Waals surface area contributed by atoms with Crippen molar-refractivity contribution in [2.45, 2.75) is 4.90 Å². The average molecular weight is 496 g/mol. The van der Waals surface area contributed by atoms with E-state index in [-0.39, 0.29) is 38.9 Å². The van der Waals surface area contributed by atoms with Crippen molar-refractivity contribution in [1.82, 2.24) is 0 Å². The number of hydrogen-bond acceptors (Lipinski definition) is 3. The minimum atomic E-state index is -4.47. The van der Waals surface area contributed by atoms with Crippen molar-refractivity contribution in [3.63, 3.8) is 0 Å². The monoisotopic (exact) mass is 492 g/mol. The third-order valence-electron chi connectivity index (χ3n) is 1.34. The van der Waals surface area contributed by atoms with Gasteiger partial charge in [-0.05, 0) is 69.8 Å². The second-order valence-corrected chi connectivity index (χ2v) is 6.83. The van der Waals surface area contributed by atoms with Crippen molar-refractivity contribution in [3.05, 3.63) is 24.0 Å². The summed E-state index contributed by atoms with van der Waals surface area (Å²) in [5, 5.41) is 0. The Hall–Kier alpha value is 2.05. The summed E-state index contributed by atoms with van der Waals surface area (Å²) in [5.74, 6) is 0. The van der Waals surface area contributed by atoms with E-state index in [0.717, 1.165) is 0 Å². The van der Waals surface area contributed by atoms with E-state index in [1.165, 1.54) is 6.07 Å². The average Bonchev–Trinajstić information content (AvgIpc) is 2.06. The molecule has 0 saturated heterocycles. The molecule has 78 valence electrons. The maximum Gasteiger partial charge on any atom is 1.00 e. The Labute approximate surface area is 143 Å². The molecular weight excluding hydrogens is 495 g/mol. The van der Waals surface area contributed by atoms with Crippen LogP contribution in [0.3, 0.4) is 0 Å². The van der Waals surface area contributed by atoms with E-state index in [1.807, 2.05) is 0 Å². The molecule has 0 aliphatic heterocycles. The zero-order chi connectivity index (χ0) is 11.1. The molecule has 0 fully saturated rings. The molecule has 15 heavy (non-hydrogen) atoms. The molecule has 1 aromatic rings. The van der Waals surface area contributed by atoms with Gasteiger partial charge >= 0.3 is 29.6 Å². The van der Waals surface area contributed by atoms with Gasteiger partial charge in [-0.25, -0.2) is 8.42 Å². The molecule has 0 spiro atoms. The van der Waals surface area contributed by atoms with E-state index in [2.05, 4.69) is 63.7 Å². The van der Waals surface area contributed by atoms with Gasteiger partial charge in [0.1, 0.15) is 10.1 Å². The summed E-state index contributed by atoms with van der Waals surface area (Å²) in [6.45, 7) is 0. The number of hydrogen-bond donors (Lipinski definition) is 0. The van der Waals surface area contributed by atoms with Crippen LogP contribution in [0.1, 0.15) is 0 Å². The molecule has 0 unspecified atom stereocenters. The fourth-order valence-corrected chi connectivity index (χ4v) is 4.21. The summed E-state index contributed by atoms with van der Waals surface area (Å²) in [6.07, 6.45) is 0. The maximum absolute atomic E-state index is 10.8. The van der Waals surface area contributed by atoms with Gasteiger partial charge in [0.05, 0.1) is 9.37 Å². The molecule has 0 aliphatic rings. The normalized spacial score (nSPS) is 11.0. The van der Waals surface area contributed by atoms with Crippen molar-refractivity contribution in [2.75, 3.05) is 0 Å². The van der Waals surface area contributed by atoms with Gasteiger partial charge in [-0.1, -0.05) is 0 Å². The van der Waals surface area contributed by atoms with Crippen molar-refractivity contribution in [3.8, 4) is 0 Å². The molecule has 0 aliphatic carbocycles. The van der Waals surface area contributed by atoms with Gasteiger partial charge < -0.3 is 4.55 Å². The Morgan fingerprint density at radius 1 is 1.00 bits per heavy atom. The van der Waals surface area contributed by atoms with E-state index in [1.54, 1.807) is 0 Å². The van der Waals surface area contributed by atoms with Crippen LogP contribution in [0.5, 0.6) is 0 Å². The van der Waals surface area contributed by atoms with Gasteiger partial charge in [-0.15, -0.1) is 0 Å². The third kappa shape index (κ3) is 4.03. The van der Waals surface area contributed by atoms with E-state index in [4.69, 9.17) is 0 Å². The molecule has 1 aromatic carbocycles. The van der Waals surface area contributed by atoms with E-state index < -0.39 is 10.1 Å². The molecule has 9 heteroatoms. The molecule has 0 bridgehead atoms. The summed E-state index contributed by atoms with van der Waals surface area (Å²) in [5.41, 5.74) is 0. The van der Waals surface area contributed by atoms with Crippen molar-refractivity contribution in [2.24, 2.45) is 0 Å². The largest absolute Gasteiger partial charge is 1.00 e. The van der Waals surface area contributed by atoms with E-state index >= 15 is 0 Å². The predicted octanol–water partition coefficient (Wildman–Crippen LogP) is 0.645. The molecule has 0 atom stereocenters. The topological polar surface area (TPSA) is 57.2 Å². The van der Waals surface area contributed by atoms with Crippen LogP contribution in [0.2, 0.25) is 0 Å². The summed E-state index contributed by atoms with van der Waals surface area (Å²) in [6, 6.07) is 1.24. The van der Waals surface area contributed by atoms with Crippen molar-refractivity contribution < 1.29 is 42.5 Å². The molecule has 3 nitrogen and oxygen atoms in total. The Kier molecular flexibility index (Phi) is 7.14. The molecular formula is C6HBr4NaO3S. The summed E-state index contributed by atoms with van der Waals surface area (Å²) >= 11 is 12.5. The molecule has 0 N–H and O–H groups in total.